The molecule has 0 atom stereocenters. The van der Waals surface area contributed by atoms with E-state index in [4.69, 9.17) is 16.9 Å². The third-order valence-electron chi connectivity index (χ3n) is 6.18. The molecule has 1 aromatic rings. The van der Waals surface area contributed by atoms with E-state index in [2.05, 4.69) is 6.08 Å². The number of hydrogen-bond donors (Lipinski definition) is 0. The molecule has 0 aromatic heterocycles. The molecule has 0 bridgehead atoms. The lowest BCUT2D eigenvalue weighted by atomic mass is 9.68. The quantitative estimate of drug-likeness (QED) is 0.610. The molecule has 2 fully saturated rings. The van der Waals surface area contributed by atoms with Crippen LogP contribution in [0.1, 0.15) is 68.4 Å². The van der Waals surface area contributed by atoms with Crippen LogP contribution < -0.4 is 0 Å². The Morgan fingerprint density at radius 2 is 1.62 bits per heavy atom. The molecule has 2 aliphatic rings. The second kappa shape index (κ2) is 8.17. The minimum atomic E-state index is -0.372. The molecule has 0 spiro atoms. The Labute approximate surface area is 149 Å². The first-order valence-electron chi connectivity index (χ1n) is 9.17. The standard InChI is InChI=1S/C21H25ClFN/c22-12-11-15-1-3-16(4-2-15)17-5-7-18(8-6-17)19-9-10-20(14-24)21(23)13-19/h9-13,15-18H,1-8H2/b12-11+/t15-,16-,17?,18?. The topological polar surface area (TPSA) is 23.8 Å². The van der Waals surface area contributed by atoms with E-state index < -0.39 is 0 Å². The molecule has 0 unspecified atom stereocenters. The average Bonchev–Trinajstić information content (AvgIpc) is 2.63. The SMILES string of the molecule is N#Cc1ccc(C2CCC([C@H]3CC[C@H](/C=C/Cl)CC3)CC2)cc1F. The van der Waals surface area contributed by atoms with Crippen LogP contribution >= 0.6 is 11.6 Å². The first kappa shape index (κ1) is 17.5. The Kier molecular flexibility index (Phi) is 5.95. The first-order chi connectivity index (χ1) is 11.7. The summed E-state index contributed by atoms with van der Waals surface area (Å²) in [6, 6.07) is 7.04. The lowest BCUT2D eigenvalue weighted by Crippen LogP contribution is -2.25. The van der Waals surface area contributed by atoms with Crippen LogP contribution in [-0.2, 0) is 0 Å². The number of nitriles is 1. The molecule has 1 nitrogen and oxygen atoms in total. The maximum atomic E-state index is 13.8. The van der Waals surface area contributed by atoms with Crippen LogP contribution in [-0.4, -0.2) is 0 Å². The molecule has 3 rings (SSSR count). The van der Waals surface area contributed by atoms with Crippen molar-refractivity contribution >= 4 is 11.6 Å². The average molecular weight is 346 g/mol. The van der Waals surface area contributed by atoms with Gasteiger partial charge in [-0.1, -0.05) is 23.7 Å². The van der Waals surface area contributed by atoms with Gasteiger partial charge >= 0.3 is 0 Å². The van der Waals surface area contributed by atoms with Crippen LogP contribution in [0.2, 0.25) is 0 Å². The fraction of sp³-hybridized carbons (Fsp3) is 0.571. The van der Waals surface area contributed by atoms with Gasteiger partial charge in [-0.3, -0.25) is 0 Å². The Hall–Kier alpha value is -1.33. The van der Waals surface area contributed by atoms with E-state index in [1.54, 1.807) is 17.7 Å². The Bertz CT molecular complexity index is 617. The van der Waals surface area contributed by atoms with Crippen molar-refractivity contribution in [2.75, 3.05) is 0 Å². The van der Waals surface area contributed by atoms with Gasteiger partial charge in [0.1, 0.15) is 11.9 Å². The third kappa shape index (κ3) is 4.01. The first-order valence-corrected chi connectivity index (χ1v) is 9.61. The molecule has 0 heterocycles. The van der Waals surface area contributed by atoms with Crippen molar-refractivity contribution in [3.8, 4) is 6.07 Å². The zero-order valence-corrected chi connectivity index (χ0v) is 14.8. The van der Waals surface area contributed by atoms with Crippen molar-refractivity contribution in [3.05, 3.63) is 46.8 Å². The minimum absolute atomic E-state index is 0.148. The van der Waals surface area contributed by atoms with Crippen molar-refractivity contribution in [2.24, 2.45) is 17.8 Å². The second-order valence-corrected chi connectivity index (χ2v) is 7.71. The summed E-state index contributed by atoms with van der Waals surface area (Å²) in [5, 5.41) is 8.85. The van der Waals surface area contributed by atoms with Gasteiger partial charge in [-0.25, -0.2) is 4.39 Å². The molecule has 1 aromatic carbocycles. The van der Waals surface area contributed by atoms with Gasteiger partial charge in [-0.2, -0.15) is 5.26 Å². The smallest absolute Gasteiger partial charge is 0.141 e. The fourth-order valence-electron chi connectivity index (χ4n) is 4.71. The second-order valence-electron chi connectivity index (χ2n) is 7.46. The normalized spacial score (nSPS) is 31.0. The van der Waals surface area contributed by atoms with Gasteiger partial charge < -0.3 is 0 Å². The van der Waals surface area contributed by atoms with E-state index in [0.717, 1.165) is 30.2 Å². The highest BCUT2D eigenvalue weighted by Gasteiger charge is 2.30. The number of allylic oxidation sites excluding steroid dienone is 1. The van der Waals surface area contributed by atoms with Crippen LogP contribution in [0.3, 0.4) is 0 Å². The summed E-state index contributed by atoms with van der Waals surface area (Å²) in [6.45, 7) is 0. The zero-order chi connectivity index (χ0) is 16.9. The Morgan fingerprint density at radius 1 is 1.00 bits per heavy atom. The number of nitrogens with zero attached hydrogens (tertiary/aromatic N) is 1. The summed E-state index contributed by atoms with van der Waals surface area (Å²) in [4.78, 5) is 0. The summed E-state index contributed by atoms with van der Waals surface area (Å²) in [5.74, 6) is 2.47. The van der Waals surface area contributed by atoms with Gasteiger partial charge in [0.2, 0.25) is 0 Å². The fourth-order valence-corrected chi connectivity index (χ4v) is 4.92. The monoisotopic (exact) mass is 345 g/mol. The highest BCUT2D eigenvalue weighted by molar-refractivity contribution is 6.25. The zero-order valence-electron chi connectivity index (χ0n) is 14.1. The molecular weight excluding hydrogens is 321 g/mol. The molecule has 2 aliphatic carbocycles. The molecule has 0 radical (unpaired) electrons. The predicted octanol–water partition coefficient (Wildman–Crippen LogP) is 6.53. The van der Waals surface area contributed by atoms with E-state index in [0.29, 0.717) is 11.8 Å². The molecular formula is C21H25ClFN. The summed E-state index contributed by atoms with van der Waals surface area (Å²) < 4.78 is 13.8. The number of halogens is 2. The van der Waals surface area contributed by atoms with Crippen LogP contribution in [0.5, 0.6) is 0 Å². The molecule has 2 saturated carbocycles. The minimum Gasteiger partial charge on any atom is -0.206 e. The van der Waals surface area contributed by atoms with Crippen molar-refractivity contribution < 1.29 is 4.39 Å². The van der Waals surface area contributed by atoms with Gasteiger partial charge in [0, 0.05) is 5.54 Å². The largest absolute Gasteiger partial charge is 0.206 e. The molecule has 0 aliphatic heterocycles. The summed E-state index contributed by atoms with van der Waals surface area (Å²) in [5.41, 5.74) is 2.89. The van der Waals surface area contributed by atoms with Crippen molar-refractivity contribution in [2.45, 2.75) is 57.3 Å². The number of benzene rings is 1. The van der Waals surface area contributed by atoms with Crippen LogP contribution in [0.25, 0.3) is 0 Å². The predicted molar refractivity (Wildman–Crippen MR) is 96.3 cm³/mol. The summed E-state index contributed by atoms with van der Waals surface area (Å²) in [7, 11) is 0. The molecule has 0 saturated heterocycles. The van der Waals surface area contributed by atoms with E-state index in [9.17, 15) is 4.39 Å². The van der Waals surface area contributed by atoms with Gasteiger partial charge in [0.05, 0.1) is 5.56 Å². The van der Waals surface area contributed by atoms with Gasteiger partial charge in [0.15, 0.2) is 0 Å². The van der Waals surface area contributed by atoms with Crippen LogP contribution in [0.4, 0.5) is 4.39 Å². The molecule has 3 heteroatoms. The molecule has 0 amide bonds. The van der Waals surface area contributed by atoms with E-state index >= 15 is 0 Å². The number of rotatable bonds is 3. The molecule has 0 N–H and O–H groups in total. The lowest BCUT2D eigenvalue weighted by Gasteiger charge is -2.37. The van der Waals surface area contributed by atoms with Crippen LogP contribution in [0, 0.1) is 34.9 Å². The van der Waals surface area contributed by atoms with E-state index in [1.807, 2.05) is 12.1 Å². The van der Waals surface area contributed by atoms with Crippen molar-refractivity contribution in [1.29, 1.82) is 5.26 Å². The molecule has 24 heavy (non-hydrogen) atoms. The van der Waals surface area contributed by atoms with Gasteiger partial charge in [-0.15, -0.1) is 0 Å². The third-order valence-corrected chi connectivity index (χ3v) is 6.33. The number of hydrogen-bond acceptors (Lipinski definition) is 1. The van der Waals surface area contributed by atoms with Crippen LogP contribution in [0.15, 0.2) is 29.8 Å². The Balaban J connectivity index is 1.53. The highest BCUT2D eigenvalue weighted by atomic mass is 35.5. The van der Waals surface area contributed by atoms with Gasteiger partial charge in [-0.05, 0) is 92.7 Å². The summed E-state index contributed by atoms with van der Waals surface area (Å²) >= 11 is 5.70. The van der Waals surface area contributed by atoms with Crippen molar-refractivity contribution in [1.82, 2.24) is 0 Å². The van der Waals surface area contributed by atoms with Crippen molar-refractivity contribution in [3.63, 3.8) is 0 Å². The maximum absolute atomic E-state index is 13.8. The maximum Gasteiger partial charge on any atom is 0.141 e. The highest BCUT2D eigenvalue weighted by Crippen LogP contribution is 2.44. The summed E-state index contributed by atoms with van der Waals surface area (Å²) in [6.07, 6.45) is 12.2. The van der Waals surface area contributed by atoms with E-state index in [1.165, 1.54) is 38.5 Å². The van der Waals surface area contributed by atoms with E-state index in [-0.39, 0.29) is 11.4 Å². The van der Waals surface area contributed by atoms with Gasteiger partial charge in [0.25, 0.3) is 0 Å². The Morgan fingerprint density at radius 3 is 2.17 bits per heavy atom. The lowest BCUT2D eigenvalue weighted by molar-refractivity contribution is 0.171. The molecule has 128 valence electrons.